The minimum atomic E-state index is -1.64. The van der Waals surface area contributed by atoms with Crippen LogP contribution < -0.4 is 9.47 Å². The second-order valence-corrected chi connectivity index (χ2v) is 11.6. The zero-order valence-corrected chi connectivity index (χ0v) is 22.3. The fourth-order valence-electron chi connectivity index (χ4n) is 6.16. The number of hydrogen-bond acceptors (Lipinski definition) is 6. The zero-order chi connectivity index (χ0) is 26.8. The largest absolute Gasteiger partial charge is 0.479 e. The van der Waals surface area contributed by atoms with Crippen LogP contribution in [0.25, 0.3) is 0 Å². The topological polar surface area (TPSA) is 93.1 Å². The van der Waals surface area contributed by atoms with Crippen LogP contribution in [0.1, 0.15) is 63.7 Å². The molecule has 2 aliphatic heterocycles. The van der Waals surface area contributed by atoms with Gasteiger partial charge in [0.2, 0.25) is 12.7 Å². The van der Waals surface area contributed by atoms with Gasteiger partial charge in [-0.1, -0.05) is 30.3 Å². The Morgan fingerprint density at radius 1 is 1.00 bits per heavy atom. The van der Waals surface area contributed by atoms with Crippen LogP contribution in [0.5, 0.6) is 11.5 Å². The number of Topliss-reactive ketones (excluding diaryl/α,β-unsaturated/α-hetero) is 1. The van der Waals surface area contributed by atoms with E-state index < -0.39 is 29.4 Å². The van der Waals surface area contributed by atoms with Gasteiger partial charge in [0.15, 0.2) is 17.3 Å². The van der Waals surface area contributed by atoms with E-state index in [2.05, 4.69) is 0 Å². The lowest BCUT2D eigenvalue weighted by molar-refractivity contribution is -0.158. The number of carboxylic acid groups (broad SMARTS) is 1. The summed E-state index contributed by atoms with van der Waals surface area (Å²) in [7, 11) is 0. The second-order valence-electron chi connectivity index (χ2n) is 10.6. The number of amides is 1. The summed E-state index contributed by atoms with van der Waals surface area (Å²) >= 11 is 1.44. The highest BCUT2D eigenvalue weighted by atomic mass is 32.1. The number of hydrogen-bond donors (Lipinski definition) is 1. The minimum Gasteiger partial charge on any atom is -0.479 e. The van der Waals surface area contributed by atoms with E-state index in [0.717, 1.165) is 28.8 Å². The molecule has 6 rings (SSSR count). The molecule has 1 saturated carbocycles. The molecule has 7 nitrogen and oxygen atoms in total. The van der Waals surface area contributed by atoms with Gasteiger partial charge in [0, 0.05) is 22.3 Å². The molecular weight excluding hydrogens is 502 g/mol. The monoisotopic (exact) mass is 531 g/mol. The lowest BCUT2D eigenvalue weighted by atomic mass is 9.73. The Hall–Kier alpha value is -3.65. The molecule has 196 valence electrons. The highest BCUT2D eigenvalue weighted by molar-refractivity contribution is 7.10. The average molecular weight is 532 g/mol. The molecule has 3 heterocycles. The quantitative estimate of drug-likeness (QED) is 0.422. The number of aliphatic carboxylic acids is 1. The highest BCUT2D eigenvalue weighted by Crippen LogP contribution is 2.59. The minimum absolute atomic E-state index is 0.0869. The number of likely N-dealkylation sites (tertiary alicyclic amines) is 1. The first kappa shape index (κ1) is 24.7. The summed E-state index contributed by atoms with van der Waals surface area (Å²) in [5.74, 6) is -2.18. The van der Waals surface area contributed by atoms with Crippen molar-refractivity contribution in [2.24, 2.45) is 11.8 Å². The molecule has 1 N–H and O–H groups in total. The van der Waals surface area contributed by atoms with E-state index in [1.807, 2.05) is 49.6 Å². The molecule has 38 heavy (non-hydrogen) atoms. The van der Waals surface area contributed by atoms with E-state index in [4.69, 9.17) is 9.47 Å². The molecule has 1 aliphatic carbocycles. The third-order valence-corrected chi connectivity index (χ3v) is 9.42. The maximum Gasteiger partial charge on any atom is 0.330 e. The predicted molar refractivity (Wildman–Crippen MR) is 142 cm³/mol. The summed E-state index contributed by atoms with van der Waals surface area (Å²) < 4.78 is 11.2. The van der Waals surface area contributed by atoms with Gasteiger partial charge in [0.05, 0.1) is 12.0 Å². The number of carbonyl (C=O) groups is 3. The summed E-state index contributed by atoms with van der Waals surface area (Å²) in [6, 6.07) is 13.9. The van der Waals surface area contributed by atoms with Crippen molar-refractivity contribution in [3.63, 3.8) is 0 Å². The first-order valence-electron chi connectivity index (χ1n) is 12.8. The Bertz CT molecular complexity index is 1460. The number of fused-ring (bicyclic) bond motifs is 1. The molecule has 4 atom stereocenters. The molecule has 3 aromatic rings. The van der Waals surface area contributed by atoms with Crippen molar-refractivity contribution in [2.75, 3.05) is 6.79 Å². The smallest absolute Gasteiger partial charge is 0.330 e. The van der Waals surface area contributed by atoms with E-state index in [1.54, 1.807) is 25.1 Å². The highest BCUT2D eigenvalue weighted by Gasteiger charge is 2.66. The third-order valence-electron chi connectivity index (χ3n) is 8.32. The molecular formula is C30H29NO6S. The van der Waals surface area contributed by atoms with Gasteiger partial charge in [0.25, 0.3) is 0 Å². The van der Waals surface area contributed by atoms with Crippen LogP contribution in [-0.2, 0) is 9.59 Å². The Balaban J connectivity index is 1.63. The van der Waals surface area contributed by atoms with Gasteiger partial charge >= 0.3 is 5.97 Å². The number of carboxylic acids is 1. The number of thiophene rings is 1. The molecule has 0 spiro atoms. The van der Waals surface area contributed by atoms with Gasteiger partial charge in [-0.2, -0.15) is 0 Å². The molecule has 0 radical (unpaired) electrons. The van der Waals surface area contributed by atoms with Crippen molar-refractivity contribution >= 4 is 29.0 Å². The molecule has 1 saturated heterocycles. The number of ether oxygens (including phenoxy) is 2. The molecule has 2 aromatic carbocycles. The van der Waals surface area contributed by atoms with Crippen molar-refractivity contribution in [1.82, 2.24) is 4.90 Å². The molecule has 2 fully saturated rings. The van der Waals surface area contributed by atoms with Crippen LogP contribution in [0.3, 0.4) is 0 Å². The zero-order valence-electron chi connectivity index (χ0n) is 21.5. The fourth-order valence-corrected chi connectivity index (χ4v) is 7.35. The number of rotatable bonds is 6. The number of carbonyl (C=O) groups excluding carboxylic acids is 2. The molecule has 1 aromatic heterocycles. The van der Waals surface area contributed by atoms with Gasteiger partial charge in [-0.05, 0) is 73.9 Å². The van der Waals surface area contributed by atoms with Gasteiger partial charge in [-0.3, -0.25) is 9.59 Å². The van der Waals surface area contributed by atoms with Gasteiger partial charge < -0.3 is 19.5 Å². The van der Waals surface area contributed by atoms with Crippen LogP contribution in [-0.4, -0.2) is 40.0 Å². The number of benzene rings is 2. The maximum atomic E-state index is 14.6. The average Bonchev–Trinajstić information content (AvgIpc) is 3.39. The Kier molecular flexibility index (Phi) is 5.83. The van der Waals surface area contributed by atoms with E-state index in [-0.39, 0.29) is 24.4 Å². The van der Waals surface area contributed by atoms with Gasteiger partial charge in [0.1, 0.15) is 5.54 Å². The van der Waals surface area contributed by atoms with Crippen molar-refractivity contribution in [2.45, 2.75) is 51.1 Å². The standard InChI is InChI=1S/C30H29NO6S/c1-16-6-4-5-7-20(16)26(32)23-24(27-17(2)12-13-38-27)30(3,29(34)35)31(28(33)18-8-9-18)25(23)19-10-11-21-22(14-19)37-15-36-21/h4-7,10-14,18,23-25H,8-9,15H2,1-3H3,(H,34,35). The normalized spacial score (nSPS) is 26.0. The number of nitrogens with zero attached hydrogens (tertiary/aromatic N) is 1. The summed E-state index contributed by atoms with van der Waals surface area (Å²) in [6.07, 6.45) is 1.44. The Morgan fingerprint density at radius 3 is 2.39 bits per heavy atom. The molecule has 0 bridgehead atoms. The summed E-state index contributed by atoms with van der Waals surface area (Å²) in [5.41, 5.74) is 1.29. The van der Waals surface area contributed by atoms with Gasteiger partial charge in [-0.25, -0.2) is 4.79 Å². The first-order valence-corrected chi connectivity index (χ1v) is 13.7. The molecule has 1 amide bonds. The van der Waals surface area contributed by atoms with Crippen LogP contribution >= 0.6 is 11.3 Å². The fraction of sp³-hybridized carbons (Fsp3) is 0.367. The SMILES string of the molecule is Cc1ccccc1C(=O)C1C(c2ccc3c(c2)OCO3)N(C(=O)C2CC2)C(C)(C(=O)O)C1c1sccc1C. The predicted octanol–water partition coefficient (Wildman–Crippen LogP) is 5.51. The first-order chi connectivity index (χ1) is 18.2. The van der Waals surface area contributed by atoms with Crippen LogP contribution in [0.4, 0.5) is 0 Å². The van der Waals surface area contributed by atoms with E-state index in [0.29, 0.717) is 22.6 Å². The van der Waals surface area contributed by atoms with Gasteiger partial charge in [-0.15, -0.1) is 11.3 Å². The van der Waals surface area contributed by atoms with Crippen molar-refractivity contribution in [3.8, 4) is 11.5 Å². The molecule has 3 aliphatic rings. The lowest BCUT2D eigenvalue weighted by Gasteiger charge is -2.38. The Morgan fingerprint density at radius 2 is 1.74 bits per heavy atom. The van der Waals surface area contributed by atoms with Crippen LogP contribution in [0.15, 0.2) is 53.9 Å². The molecule has 4 unspecified atom stereocenters. The third kappa shape index (κ3) is 3.65. The summed E-state index contributed by atoms with van der Waals surface area (Å²) in [6.45, 7) is 5.52. The van der Waals surface area contributed by atoms with E-state index >= 15 is 0 Å². The van der Waals surface area contributed by atoms with Crippen molar-refractivity contribution in [3.05, 3.63) is 81.0 Å². The second kappa shape index (κ2) is 8.98. The number of aryl methyl sites for hydroxylation is 2. The summed E-state index contributed by atoms with van der Waals surface area (Å²) in [4.78, 5) is 44.2. The lowest BCUT2D eigenvalue weighted by Crippen LogP contribution is -2.54. The van der Waals surface area contributed by atoms with E-state index in [9.17, 15) is 19.5 Å². The van der Waals surface area contributed by atoms with Crippen LogP contribution in [0, 0.1) is 25.7 Å². The maximum absolute atomic E-state index is 14.6. The molecule has 8 heteroatoms. The van der Waals surface area contributed by atoms with E-state index in [1.165, 1.54) is 16.2 Å². The Labute approximate surface area is 225 Å². The van der Waals surface area contributed by atoms with Crippen molar-refractivity contribution < 1.29 is 29.0 Å². The number of ketones is 1. The van der Waals surface area contributed by atoms with Crippen LogP contribution in [0.2, 0.25) is 0 Å². The summed E-state index contributed by atoms with van der Waals surface area (Å²) in [5, 5.41) is 12.8. The van der Waals surface area contributed by atoms with Crippen molar-refractivity contribution in [1.29, 1.82) is 0 Å².